The molecule has 0 aliphatic carbocycles. The third-order valence-electron chi connectivity index (χ3n) is 2.24. The van der Waals surface area contributed by atoms with Crippen LogP contribution in [0.1, 0.15) is 5.01 Å². The maximum absolute atomic E-state index is 12.1. The first-order chi connectivity index (χ1) is 9.47. The number of nitrogens with one attached hydrogen (secondary N) is 1. The van der Waals surface area contributed by atoms with Crippen molar-refractivity contribution in [2.75, 3.05) is 0 Å². The van der Waals surface area contributed by atoms with Gasteiger partial charge in [-0.2, -0.15) is 8.78 Å². The van der Waals surface area contributed by atoms with E-state index in [0.717, 1.165) is 6.07 Å². The second kappa shape index (κ2) is 6.25. The van der Waals surface area contributed by atoms with Crippen molar-refractivity contribution in [2.45, 2.75) is 18.1 Å². The zero-order chi connectivity index (χ0) is 14.6. The molecule has 0 bridgehead atoms. The Labute approximate surface area is 118 Å². The van der Waals surface area contributed by atoms with Crippen molar-refractivity contribution in [2.24, 2.45) is 0 Å². The highest BCUT2D eigenvalue weighted by atomic mass is 32.2. The Hall–Kier alpha value is -1.58. The number of sulfonamides is 1. The van der Waals surface area contributed by atoms with E-state index in [1.54, 1.807) is 11.6 Å². The van der Waals surface area contributed by atoms with Crippen LogP contribution >= 0.6 is 11.3 Å². The van der Waals surface area contributed by atoms with Crippen molar-refractivity contribution >= 4 is 21.4 Å². The lowest BCUT2D eigenvalue weighted by Crippen LogP contribution is -2.23. The predicted octanol–water partition coefficient (Wildman–Crippen LogP) is 2.22. The average molecular weight is 320 g/mol. The van der Waals surface area contributed by atoms with Gasteiger partial charge < -0.3 is 4.74 Å². The average Bonchev–Trinajstić information content (AvgIpc) is 2.89. The number of hydrogen-bond acceptors (Lipinski definition) is 5. The maximum atomic E-state index is 12.1. The van der Waals surface area contributed by atoms with Gasteiger partial charge in [0.05, 0.1) is 11.4 Å². The molecular formula is C11H10F2N2O3S2. The molecule has 2 aromatic rings. The van der Waals surface area contributed by atoms with E-state index >= 15 is 0 Å². The Balaban J connectivity index is 2.12. The molecule has 0 aliphatic rings. The number of rotatable bonds is 6. The second-order valence-corrected chi connectivity index (χ2v) is 6.35. The number of hydrogen-bond donors (Lipinski definition) is 1. The van der Waals surface area contributed by atoms with E-state index in [1.165, 1.54) is 29.5 Å². The molecule has 1 heterocycles. The lowest BCUT2D eigenvalue weighted by atomic mass is 10.3. The molecule has 0 spiro atoms. The van der Waals surface area contributed by atoms with Gasteiger partial charge in [0.2, 0.25) is 10.0 Å². The summed E-state index contributed by atoms with van der Waals surface area (Å²) in [6.45, 7) is -2.96. The molecule has 0 saturated heterocycles. The van der Waals surface area contributed by atoms with Crippen LogP contribution in [0.5, 0.6) is 5.75 Å². The molecule has 1 aromatic carbocycles. The minimum atomic E-state index is -3.80. The molecule has 2 rings (SSSR count). The van der Waals surface area contributed by atoms with Crippen molar-refractivity contribution in [3.8, 4) is 5.75 Å². The van der Waals surface area contributed by atoms with E-state index in [1.807, 2.05) is 0 Å². The smallest absolute Gasteiger partial charge is 0.387 e. The minimum absolute atomic E-state index is 0.0416. The monoisotopic (exact) mass is 320 g/mol. The van der Waals surface area contributed by atoms with Crippen LogP contribution in [-0.2, 0) is 16.6 Å². The Morgan fingerprint density at radius 1 is 1.40 bits per heavy atom. The highest BCUT2D eigenvalue weighted by molar-refractivity contribution is 7.89. The number of nitrogens with zero attached hydrogens (tertiary/aromatic N) is 1. The number of halogens is 2. The third kappa shape index (κ3) is 3.95. The van der Waals surface area contributed by atoms with Gasteiger partial charge in [-0.25, -0.2) is 18.1 Å². The lowest BCUT2D eigenvalue weighted by Gasteiger charge is -2.08. The first-order valence-corrected chi connectivity index (χ1v) is 7.76. The Morgan fingerprint density at radius 3 is 2.85 bits per heavy atom. The topological polar surface area (TPSA) is 68.3 Å². The van der Waals surface area contributed by atoms with Crippen LogP contribution in [-0.4, -0.2) is 20.0 Å². The summed E-state index contributed by atoms with van der Waals surface area (Å²) >= 11 is 1.31. The molecule has 0 aliphatic heterocycles. The van der Waals surface area contributed by atoms with E-state index in [4.69, 9.17) is 0 Å². The molecule has 0 radical (unpaired) electrons. The van der Waals surface area contributed by atoms with Gasteiger partial charge in [-0.05, 0) is 12.1 Å². The molecule has 108 valence electrons. The highest BCUT2D eigenvalue weighted by Crippen LogP contribution is 2.19. The number of benzene rings is 1. The molecule has 0 amide bonds. The molecule has 0 fully saturated rings. The summed E-state index contributed by atoms with van der Waals surface area (Å²) in [4.78, 5) is 3.79. The van der Waals surface area contributed by atoms with E-state index in [2.05, 4.69) is 14.4 Å². The van der Waals surface area contributed by atoms with Gasteiger partial charge >= 0.3 is 6.61 Å². The van der Waals surface area contributed by atoms with Gasteiger partial charge in [-0.3, -0.25) is 0 Å². The van der Waals surface area contributed by atoms with Crippen LogP contribution in [0.4, 0.5) is 8.78 Å². The second-order valence-electron chi connectivity index (χ2n) is 3.60. The summed E-state index contributed by atoms with van der Waals surface area (Å²) in [5.41, 5.74) is 0. The summed E-state index contributed by atoms with van der Waals surface area (Å²) in [6, 6.07) is 4.92. The van der Waals surface area contributed by atoms with Crippen LogP contribution in [0.3, 0.4) is 0 Å². The summed E-state index contributed by atoms with van der Waals surface area (Å²) in [5.74, 6) is -0.211. The quantitative estimate of drug-likeness (QED) is 0.886. The van der Waals surface area contributed by atoms with Gasteiger partial charge in [0.15, 0.2) is 0 Å². The SMILES string of the molecule is O=S(=O)(NCc1nccs1)c1cccc(OC(F)F)c1. The van der Waals surface area contributed by atoms with Crippen molar-refractivity contribution < 1.29 is 21.9 Å². The molecule has 0 atom stereocenters. The maximum Gasteiger partial charge on any atom is 0.387 e. The van der Waals surface area contributed by atoms with Crippen LogP contribution in [0, 0.1) is 0 Å². The lowest BCUT2D eigenvalue weighted by molar-refractivity contribution is -0.0499. The number of alkyl halides is 2. The molecule has 1 N–H and O–H groups in total. The molecule has 0 unspecified atom stereocenters. The van der Waals surface area contributed by atoms with Crippen LogP contribution < -0.4 is 9.46 Å². The standard InChI is InChI=1S/C11H10F2N2O3S2/c12-11(13)18-8-2-1-3-9(6-8)20(16,17)15-7-10-14-4-5-19-10/h1-6,11,15H,7H2. The highest BCUT2D eigenvalue weighted by Gasteiger charge is 2.16. The first kappa shape index (κ1) is 14.8. The van der Waals surface area contributed by atoms with Crippen molar-refractivity contribution in [1.29, 1.82) is 0 Å². The van der Waals surface area contributed by atoms with Gasteiger partial charge in [0.1, 0.15) is 10.8 Å². The molecule has 1 aromatic heterocycles. The molecule has 5 nitrogen and oxygen atoms in total. The zero-order valence-electron chi connectivity index (χ0n) is 9.99. The molecule has 9 heteroatoms. The van der Waals surface area contributed by atoms with Crippen molar-refractivity contribution in [3.05, 3.63) is 40.8 Å². The Bertz CT molecular complexity index is 660. The van der Waals surface area contributed by atoms with E-state index in [0.29, 0.717) is 5.01 Å². The first-order valence-electron chi connectivity index (χ1n) is 5.40. The normalized spacial score (nSPS) is 11.8. The van der Waals surface area contributed by atoms with Gasteiger partial charge in [0, 0.05) is 17.6 Å². The summed E-state index contributed by atoms with van der Waals surface area (Å²) in [7, 11) is -3.80. The number of ether oxygens (including phenoxy) is 1. The third-order valence-corrected chi connectivity index (χ3v) is 4.42. The molecule has 20 heavy (non-hydrogen) atoms. The minimum Gasteiger partial charge on any atom is -0.435 e. The summed E-state index contributed by atoms with van der Waals surface area (Å²) in [6.07, 6.45) is 1.56. The van der Waals surface area contributed by atoms with Crippen LogP contribution in [0.15, 0.2) is 40.7 Å². The summed E-state index contributed by atoms with van der Waals surface area (Å²) in [5, 5.41) is 2.33. The largest absolute Gasteiger partial charge is 0.435 e. The number of thiazole rings is 1. The van der Waals surface area contributed by atoms with Gasteiger partial charge in [-0.15, -0.1) is 11.3 Å². The van der Waals surface area contributed by atoms with E-state index in [-0.39, 0.29) is 17.2 Å². The van der Waals surface area contributed by atoms with E-state index < -0.39 is 16.6 Å². The fraction of sp³-hybridized carbons (Fsp3) is 0.182. The Kier molecular flexibility index (Phi) is 4.63. The van der Waals surface area contributed by atoms with Gasteiger partial charge in [-0.1, -0.05) is 6.07 Å². The fourth-order valence-corrected chi connectivity index (χ4v) is 3.07. The summed E-state index contributed by atoms with van der Waals surface area (Å²) < 4.78 is 54.7. The fourth-order valence-electron chi connectivity index (χ4n) is 1.40. The number of aromatic nitrogens is 1. The molecular weight excluding hydrogens is 310 g/mol. The zero-order valence-corrected chi connectivity index (χ0v) is 11.6. The van der Waals surface area contributed by atoms with Crippen LogP contribution in [0.25, 0.3) is 0 Å². The van der Waals surface area contributed by atoms with Crippen molar-refractivity contribution in [3.63, 3.8) is 0 Å². The van der Waals surface area contributed by atoms with Crippen LogP contribution in [0.2, 0.25) is 0 Å². The predicted molar refractivity (Wildman–Crippen MR) is 69.2 cm³/mol. The molecule has 0 saturated carbocycles. The van der Waals surface area contributed by atoms with E-state index in [9.17, 15) is 17.2 Å². The Morgan fingerprint density at radius 2 is 2.20 bits per heavy atom. The van der Waals surface area contributed by atoms with Gasteiger partial charge in [0.25, 0.3) is 0 Å². The van der Waals surface area contributed by atoms with Crippen molar-refractivity contribution in [1.82, 2.24) is 9.71 Å².